The van der Waals surface area contributed by atoms with Crippen LogP contribution in [0.15, 0.2) is 58.5 Å². The molecule has 28 heavy (non-hydrogen) atoms. The minimum Gasteiger partial charge on any atom is -0.313 e. The molecule has 8 nitrogen and oxygen atoms in total. The van der Waals surface area contributed by atoms with Gasteiger partial charge in [-0.15, -0.1) is 0 Å². The summed E-state index contributed by atoms with van der Waals surface area (Å²) < 4.78 is 1.65. The smallest absolute Gasteiger partial charge is 0.313 e. The van der Waals surface area contributed by atoms with Gasteiger partial charge in [0.1, 0.15) is 0 Å². The molecule has 4 aromatic rings. The number of hydrogen-bond donors (Lipinski definition) is 2. The highest BCUT2D eigenvalue weighted by molar-refractivity contribution is 5.63. The highest BCUT2D eigenvalue weighted by Gasteiger charge is 2.41. The SMILES string of the molecule is N#Cc1cccc([C@H]2C[C@@H]2c2cc(-c3c[nH]c(=O)[nH]c3=O)nn3ccnc23)c1. The maximum Gasteiger partial charge on any atom is 0.325 e. The number of aromatic amines is 2. The van der Waals surface area contributed by atoms with Crippen molar-refractivity contribution in [1.82, 2.24) is 24.6 Å². The van der Waals surface area contributed by atoms with Crippen molar-refractivity contribution in [2.45, 2.75) is 18.3 Å². The molecule has 0 saturated heterocycles. The lowest BCUT2D eigenvalue weighted by Gasteiger charge is -2.07. The molecule has 136 valence electrons. The lowest BCUT2D eigenvalue weighted by atomic mass is 10.0. The van der Waals surface area contributed by atoms with E-state index in [4.69, 9.17) is 5.26 Å². The fourth-order valence-corrected chi connectivity index (χ4v) is 3.69. The number of hydrogen-bond acceptors (Lipinski definition) is 5. The van der Waals surface area contributed by atoms with Crippen LogP contribution in [0.2, 0.25) is 0 Å². The monoisotopic (exact) mass is 370 g/mol. The number of rotatable bonds is 3. The standard InChI is InChI=1S/C20H14N6O2/c21-9-11-2-1-3-12(6-11)13-7-14(13)15-8-17(25-26-5-4-22-18(15)26)16-10-23-20(28)24-19(16)27/h1-6,8,10,13-14H,7H2,(H2,23,24,27,28)/t13-,14+/m1/s1. The summed E-state index contributed by atoms with van der Waals surface area (Å²) in [6.45, 7) is 0. The van der Waals surface area contributed by atoms with Crippen LogP contribution in [0.3, 0.4) is 0 Å². The summed E-state index contributed by atoms with van der Waals surface area (Å²) in [7, 11) is 0. The summed E-state index contributed by atoms with van der Waals surface area (Å²) in [6.07, 6.45) is 5.70. The Morgan fingerprint density at radius 1 is 1.21 bits per heavy atom. The molecule has 0 spiro atoms. The van der Waals surface area contributed by atoms with Crippen molar-refractivity contribution in [2.24, 2.45) is 0 Å². The van der Waals surface area contributed by atoms with E-state index in [0.717, 1.165) is 23.2 Å². The summed E-state index contributed by atoms with van der Waals surface area (Å²) in [6, 6.07) is 11.7. The average Bonchev–Trinajstić information content (AvgIpc) is 3.36. The topological polar surface area (TPSA) is 120 Å². The van der Waals surface area contributed by atoms with Crippen LogP contribution in [0.1, 0.15) is 34.9 Å². The zero-order chi connectivity index (χ0) is 19.3. The van der Waals surface area contributed by atoms with Gasteiger partial charge in [-0.2, -0.15) is 10.4 Å². The van der Waals surface area contributed by atoms with Gasteiger partial charge < -0.3 is 4.98 Å². The van der Waals surface area contributed by atoms with Gasteiger partial charge in [-0.25, -0.2) is 14.3 Å². The molecular weight excluding hydrogens is 356 g/mol. The molecule has 1 aliphatic carbocycles. The predicted molar refractivity (Wildman–Crippen MR) is 101 cm³/mol. The van der Waals surface area contributed by atoms with Gasteiger partial charge in [0.15, 0.2) is 5.65 Å². The quantitative estimate of drug-likeness (QED) is 0.571. The van der Waals surface area contributed by atoms with E-state index in [1.807, 2.05) is 24.3 Å². The Morgan fingerprint density at radius 3 is 2.93 bits per heavy atom. The number of aromatic nitrogens is 5. The normalized spacial score (nSPS) is 18.1. The number of imidazole rings is 1. The average molecular weight is 370 g/mol. The first-order chi connectivity index (χ1) is 13.6. The Kier molecular flexibility index (Phi) is 3.49. The first-order valence-electron chi connectivity index (χ1n) is 8.81. The minimum absolute atomic E-state index is 0.224. The Hall–Kier alpha value is -3.99. The Balaban J connectivity index is 1.60. The van der Waals surface area contributed by atoms with E-state index in [9.17, 15) is 9.59 Å². The predicted octanol–water partition coefficient (Wildman–Crippen LogP) is 1.92. The number of nitrogens with one attached hydrogen (secondary N) is 2. The molecule has 0 unspecified atom stereocenters. The minimum atomic E-state index is -0.558. The third kappa shape index (κ3) is 2.61. The van der Waals surface area contributed by atoms with Crippen LogP contribution in [0.4, 0.5) is 0 Å². The van der Waals surface area contributed by atoms with Gasteiger partial charge in [0.05, 0.1) is 22.9 Å². The Bertz CT molecular complexity index is 1370. The molecule has 0 aliphatic heterocycles. The van der Waals surface area contributed by atoms with Crippen molar-refractivity contribution in [1.29, 1.82) is 5.26 Å². The molecule has 2 atom stereocenters. The van der Waals surface area contributed by atoms with Crippen molar-refractivity contribution < 1.29 is 0 Å². The number of fused-ring (bicyclic) bond motifs is 1. The summed E-state index contributed by atoms with van der Waals surface area (Å²) in [5, 5.41) is 13.6. The summed E-state index contributed by atoms with van der Waals surface area (Å²) >= 11 is 0. The zero-order valence-corrected chi connectivity index (χ0v) is 14.6. The fourth-order valence-electron chi connectivity index (χ4n) is 3.69. The molecule has 2 N–H and O–H groups in total. The molecule has 1 saturated carbocycles. The maximum absolute atomic E-state index is 12.2. The number of nitrogens with zero attached hydrogens (tertiary/aromatic N) is 4. The third-order valence-electron chi connectivity index (χ3n) is 5.12. The molecule has 1 aromatic carbocycles. The molecule has 8 heteroatoms. The number of H-pyrrole nitrogens is 2. The van der Waals surface area contributed by atoms with Gasteiger partial charge in [-0.05, 0) is 42.0 Å². The van der Waals surface area contributed by atoms with Crippen molar-refractivity contribution >= 4 is 5.65 Å². The molecular formula is C20H14N6O2. The van der Waals surface area contributed by atoms with E-state index in [0.29, 0.717) is 16.8 Å². The highest BCUT2D eigenvalue weighted by Crippen LogP contribution is 2.55. The van der Waals surface area contributed by atoms with Gasteiger partial charge in [-0.3, -0.25) is 9.78 Å². The fraction of sp³-hybridized carbons (Fsp3) is 0.150. The van der Waals surface area contributed by atoms with E-state index in [1.54, 1.807) is 23.0 Å². The first-order valence-corrected chi connectivity index (χ1v) is 8.81. The van der Waals surface area contributed by atoms with Crippen LogP contribution >= 0.6 is 0 Å². The zero-order valence-electron chi connectivity index (χ0n) is 14.6. The maximum atomic E-state index is 12.2. The van der Waals surface area contributed by atoms with Crippen molar-refractivity contribution in [3.05, 3.63) is 86.5 Å². The van der Waals surface area contributed by atoms with Crippen molar-refractivity contribution in [2.75, 3.05) is 0 Å². The molecule has 1 aliphatic rings. The molecule has 0 amide bonds. The van der Waals surface area contributed by atoms with Crippen LogP contribution in [0.5, 0.6) is 0 Å². The lowest BCUT2D eigenvalue weighted by Crippen LogP contribution is -2.23. The van der Waals surface area contributed by atoms with Crippen molar-refractivity contribution in [3.8, 4) is 17.3 Å². The van der Waals surface area contributed by atoms with Crippen LogP contribution in [-0.2, 0) is 0 Å². The number of benzene rings is 1. The second kappa shape index (κ2) is 6.03. The Morgan fingerprint density at radius 2 is 2.11 bits per heavy atom. The van der Waals surface area contributed by atoms with Gasteiger partial charge >= 0.3 is 5.69 Å². The molecule has 3 heterocycles. The van der Waals surface area contributed by atoms with Gasteiger partial charge in [0.2, 0.25) is 0 Å². The van der Waals surface area contributed by atoms with E-state index in [2.05, 4.69) is 26.1 Å². The van der Waals surface area contributed by atoms with Crippen LogP contribution in [0.25, 0.3) is 16.9 Å². The third-order valence-corrected chi connectivity index (χ3v) is 5.12. The molecule has 0 radical (unpaired) electrons. The van der Waals surface area contributed by atoms with Gasteiger partial charge in [-0.1, -0.05) is 12.1 Å². The van der Waals surface area contributed by atoms with Crippen molar-refractivity contribution in [3.63, 3.8) is 0 Å². The molecule has 5 rings (SSSR count). The molecule has 3 aromatic heterocycles. The van der Waals surface area contributed by atoms with Crippen LogP contribution < -0.4 is 11.2 Å². The van der Waals surface area contributed by atoms with Gasteiger partial charge in [0.25, 0.3) is 5.56 Å². The number of nitriles is 1. The first kappa shape index (κ1) is 16.2. The Labute approximate surface area is 158 Å². The lowest BCUT2D eigenvalue weighted by molar-refractivity contribution is 0.906. The second-order valence-corrected chi connectivity index (χ2v) is 6.85. The van der Waals surface area contributed by atoms with E-state index < -0.39 is 11.2 Å². The second-order valence-electron chi connectivity index (χ2n) is 6.85. The summed E-state index contributed by atoms with van der Waals surface area (Å²) in [5.41, 5.74) is 3.21. The van der Waals surface area contributed by atoms with Crippen LogP contribution in [-0.4, -0.2) is 24.6 Å². The molecule has 0 bridgehead atoms. The highest BCUT2D eigenvalue weighted by atomic mass is 16.2. The van der Waals surface area contributed by atoms with E-state index in [-0.39, 0.29) is 11.8 Å². The summed E-state index contributed by atoms with van der Waals surface area (Å²) in [5.74, 6) is 0.514. The van der Waals surface area contributed by atoms with E-state index in [1.165, 1.54) is 6.20 Å². The van der Waals surface area contributed by atoms with E-state index >= 15 is 0 Å². The van der Waals surface area contributed by atoms with Gasteiger partial charge in [0, 0.05) is 24.2 Å². The van der Waals surface area contributed by atoms with Crippen LogP contribution in [0, 0.1) is 11.3 Å². The summed E-state index contributed by atoms with van der Waals surface area (Å²) in [4.78, 5) is 32.6. The molecule has 1 fully saturated rings. The largest absolute Gasteiger partial charge is 0.325 e.